The SMILES string of the molecule is CCCc1nnc(N2CCCC(N3CCNC3=O)C2)s1. The van der Waals surface area contributed by atoms with E-state index in [1.54, 1.807) is 11.3 Å². The van der Waals surface area contributed by atoms with Gasteiger partial charge in [-0.3, -0.25) is 0 Å². The fourth-order valence-corrected chi connectivity index (χ4v) is 3.88. The molecule has 2 aliphatic rings. The molecule has 1 aromatic rings. The zero-order valence-corrected chi connectivity index (χ0v) is 12.7. The molecule has 1 aromatic heterocycles. The van der Waals surface area contributed by atoms with Gasteiger partial charge in [-0.15, -0.1) is 10.2 Å². The lowest BCUT2D eigenvalue weighted by Gasteiger charge is -2.36. The van der Waals surface area contributed by atoms with Gasteiger partial charge in [-0.05, 0) is 19.3 Å². The molecule has 0 radical (unpaired) electrons. The first-order valence-electron chi connectivity index (χ1n) is 7.39. The van der Waals surface area contributed by atoms with Gasteiger partial charge in [0.2, 0.25) is 5.13 Å². The topological polar surface area (TPSA) is 61.4 Å². The van der Waals surface area contributed by atoms with Gasteiger partial charge in [0, 0.05) is 32.6 Å². The number of urea groups is 1. The molecule has 3 heterocycles. The van der Waals surface area contributed by atoms with Crippen LogP contribution in [0.5, 0.6) is 0 Å². The number of hydrogen-bond donors (Lipinski definition) is 1. The smallest absolute Gasteiger partial charge is 0.317 e. The lowest BCUT2D eigenvalue weighted by molar-refractivity contribution is 0.189. The molecule has 0 spiro atoms. The van der Waals surface area contributed by atoms with Crippen LogP contribution in [0.1, 0.15) is 31.2 Å². The summed E-state index contributed by atoms with van der Waals surface area (Å²) < 4.78 is 0. The molecule has 3 rings (SSSR count). The second kappa shape index (κ2) is 5.95. The van der Waals surface area contributed by atoms with E-state index in [1.807, 2.05) is 4.90 Å². The highest BCUT2D eigenvalue weighted by Crippen LogP contribution is 2.26. The van der Waals surface area contributed by atoms with Gasteiger partial charge in [-0.2, -0.15) is 0 Å². The van der Waals surface area contributed by atoms with Gasteiger partial charge in [0.05, 0.1) is 6.04 Å². The molecular formula is C13H21N5OS. The predicted octanol–water partition coefficient (Wildman–Crippen LogP) is 1.48. The molecule has 0 aromatic carbocycles. The van der Waals surface area contributed by atoms with Crippen molar-refractivity contribution in [1.29, 1.82) is 0 Å². The summed E-state index contributed by atoms with van der Waals surface area (Å²) in [7, 11) is 0. The number of aromatic nitrogens is 2. The van der Waals surface area contributed by atoms with Crippen molar-refractivity contribution in [2.24, 2.45) is 0 Å². The quantitative estimate of drug-likeness (QED) is 0.914. The number of rotatable bonds is 4. The van der Waals surface area contributed by atoms with E-state index in [4.69, 9.17) is 0 Å². The van der Waals surface area contributed by atoms with Gasteiger partial charge in [-0.1, -0.05) is 18.3 Å². The van der Waals surface area contributed by atoms with Crippen molar-refractivity contribution < 1.29 is 4.79 Å². The first-order chi connectivity index (χ1) is 9.78. The number of nitrogens with zero attached hydrogens (tertiary/aromatic N) is 4. The molecule has 2 fully saturated rings. The molecule has 7 heteroatoms. The van der Waals surface area contributed by atoms with Crippen LogP contribution in [0.15, 0.2) is 0 Å². The average Bonchev–Trinajstić information content (AvgIpc) is 3.08. The monoisotopic (exact) mass is 295 g/mol. The molecule has 0 saturated carbocycles. The average molecular weight is 295 g/mol. The van der Waals surface area contributed by atoms with Gasteiger partial charge < -0.3 is 15.1 Å². The number of nitrogens with one attached hydrogen (secondary N) is 1. The maximum atomic E-state index is 11.8. The summed E-state index contributed by atoms with van der Waals surface area (Å²) in [5, 5.41) is 13.6. The fraction of sp³-hybridized carbons (Fsp3) is 0.769. The standard InChI is InChI=1S/C13H21N5OS/c1-2-4-11-15-16-13(20-11)17-7-3-5-10(9-17)18-8-6-14-12(18)19/h10H,2-9H2,1H3,(H,14,19). The van der Waals surface area contributed by atoms with Crippen LogP contribution in [-0.2, 0) is 6.42 Å². The van der Waals surface area contributed by atoms with E-state index in [0.717, 1.165) is 62.0 Å². The van der Waals surface area contributed by atoms with Crippen LogP contribution in [0, 0.1) is 0 Å². The first-order valence-corrected chi connectivity index (χ1v) is 8.21. The molecule has 2 aliphatic heterocycles. The van der Waals surface area contributed by atoms with E-state index in [2.05, 4.69) is 27.3 Å². The van der Waals surface area contributed by atoms with E-state index in [1.165, 1.54) is 0 Å². The summed E-state index contributed by atoms with van der Waals surface area (Å²) in [6, 6.07) is 0.394. The van der Waals surface area contributed by atoms with Crippen molar-refractivity contribution in [2.75, 3.05) is 31.1 Å². The van der Waals surface area contributed by atoms with Gasteiger partial charge in [-0.25, -0.2) is 4.79 Å². The molecule has 20 heavy (non-hydrogen) atoms. The maximum absolute atomic E-state index is 11.8. The molecule has 2 amide bonds. The van der Waals surface area contributed by atoms with Crippen molar-refractivity contribution in [2.45, 2.75) is 38.6 Å². The molecule has 1 N–H and O–H groups in total. The lowest BCUT2D eigenvalue weighted by atomic mass is 10.1. The minimum Gasteiger partial charge on any atom is -0.345 e. The Bertz CT molecular complexity index is 477. The largest absolute Gasteiger partial charge is 0.345 e. The third-order valence-electron chi connectivity index (χ3n) is 3.92. The Labute approximate surface area is 123 Å². The highest BCUT2D eigenvalue weighted by molar-refractivity contribution is 7.15. The third-order valence-corrected chi connectivity index (χ3v) is 4.96. The Morgan fingerprint density at radius 3 is 3.05 bits per heavy atom. The number of piperidine rings is 1. The number of anilines is 1. The lowest BCUT2D eigenvalue weighted by Crippen LogP contribution is -2.49. The van der Waals surface area contributed by atoms with Crippen molar-refractivity contribution in [3.8, 4) is 0 Å². The van der Waals surface area contributed by atoms with Gasteiger partial charge in [0.25, 0.3) is 0 Å². The van der Waals surface area contributed by atoms with Crippen LogP contribution in [0.25, 0.3) is 0 Å². The van der Waals surface area contributed by atoms with Crippen LogP contribution in [-0.4, -0.2) is 53.3 Å². The van der Waals surface area contributed by atoms with E-state index in [-0.39, 0.29) is 6.03 Å². The van der Waals surface area contributed by atoms with E-state index in [0.29, 0.717) is 6.04 Å². The third kappa shape index (κ3) is 2.72. The predicted molar refractivity (Wildman–Crippen MR) is 79.2 cm³/mol. The molecule has 110 valence electrons. The van der Waals surface area contributed by atoms with E-state index in [9.17, 15) is 4.79 Å². The Hall–Kier alpha value is -1.37. The summed E-state index contributed by atoms with van der Waals surface area (Å²) in [5.41, 5.74) is 0. The highest BCUT2D eigenvalue weighted by Gasteiger charge is 2.32. The number of hydrogen-bond acceptors (Lipinski definition) is 5. The molecule has 2 saturated heterocycles. The zero-order chi connectivity index (χ0) is 13.9. The molecule has 0 bridgehead atoms. The summed E-state index contributed by atoms with van der Waals surface area (Å²) in [5.74, 6) is 0. The van der Waals surface area contributed by atoms with Crippen molar-refractivity contribution in [3.63, 3.8) is 0 Å². The second-order valence-electron chi connectivity index (χ2n) is 5.40. The van der Waals surface area contributed by atoms with Crippen molar-refractivity contribution >= 4 is 22.5 Å². The van der Waals surface area contributed by atoms with Crippen LogP contribution in [0.2, 0.25) is 0 Å². The van der Waals surface area contributed by atoms with E-state index >= 15 is 0 Å². The Morgan fingerprint density at radius 2 is 2.30 bits per heavy atom. The molecular weight excluding hydrogens is 274 g/mol. The minimum absolute atomic E-state index is 0.0841. The van der Waals surface area contributed by atoms with Crippen molar-refractivity contribution in [1.82, 2.24) is 20.4 Å². The maximum Gasteiger partial charge on any atom is 0.317 e. The Balaban J connectivity index is 1.66. The van der Waals surface area contributed by atoms with E-state index < -0.39 is 0 Å². The second-order valence-corrected chi connectivity index (χ2v) is 6.44. The zero-order valence-electron chi connectivity index (χ0n) is 11.8. The molecule has 0 aliphatic carbocycles. The molecule has 1 atom stereocenters. The molecule has 1 unspecified atom stereocenters. The van der Waals surface area contributed by atoms with Crippen LogP contribution in [0.4, 0.5) is 9.93 Å². The first kappa shape index (κ1) is 13.6. The number of aryl methyl sites for hydroxylation is 1. The normalized spacial score (nSPS) is 23.2. The molecule has 6 nitrogen and oxygen atoms in total. The Kier molecular flexibility index (Phi) is 4.05. The van der Waals surface area contributed by atoms with Crippen LogP contribution in [0.3, 0.4) is 0 Å². The summed E-state index contributed by atoms with van der Waals surface area (Å²) in [4.78, 5) is 16.0. The van der Waals surface area contributed by atoms with Gasteiger partial charge in [0.1, 0.15) is 5.01 Å². The number of amides is 2. The summed E-state index contributed by atoms with van der Waals surface area (Å²) in [6.07, 6.45) is 4.30. The Morgan fingerprint density at radius 1 is 1.40 bits per heavy atom. The van der Waals surface area contributed by atoms with Gasteiger partial charge >= 0.3 is 6.03 Å². The highest BCUT2D eigenvalue weighted by atomic mass is 32.1. The number of carbonyl (C=O) groups excluding carboxylic acids is 1. The van der Waals surface area contributed by atoms with Crippen LogP contribution >= 0.6 is 11.3 Å². The number of carbonyl (C=O) groups is 1. The van der Waals surface area contributed by atoms with Crippen molar-refractivity contribution in [3.05, 3.63) is 5.01 Å². The van der Waals surface area contributed by atoms with Gasteiger partial charge in [0.15, 0.2) is 0 Å². The minimum atomic E-state index is 0.0841. The summed E-state index contributed by atoms with van der Waals surface area (Å²) >= 11 is 1.69. The van der Waals surface area contributed by atoms with Crippen LogP contribution < -0.4 is 10.2 Å². The summed E-state index contributed by atoms with van der Waals surface area (Å²) in [6.45, 7) is 5.66. The fourth-order valence-electron chi connectivity index (χ4n) is 2.91.